The number of anilines is 1. The zero-order valence-electron chi connectivity index (χ0n) is 10.2. The molecule has 0 saturated carbocycles. The average Bonchev–Trinajstić information content (AvgIpc) is 2.88. The summed E-state index contributed by atoms with van der Waals surface area (Å²) in [5, 5.41) is 4.29. The first-order valence-corrected chi connectivity index (χ1v) is 6.66. The van der Waals surface area contributed by atoms with E-state index in [0.717, 1.165) is 11.3 Å². The quantitative estimate of drug-likeness (QED) is 0.932. The molecule has 1 aromatic carbocycles. The first-order chi connectivity index (χ1) is 9.47. The van der Waals surface area contributed by atoms with Crippen LogP contribution in [0.15, 0.2) is 41.9 Å². The third-order valence-corrected chi connectivity index (χ3v) is 3.35. The van der Waals surface area contributed by atoms with Gasteiger partial charge in [-0.1, -0.05) is 30.3 Å². The van der Waals surface area contributed by atoms with Crippen LogP contribution in [0.25, 0.3) is 0 Å². The third kappa shape index (κ3) is 3.80. The van der Waals surface area contributed by atoms with Crippen LogP contribution in [0.3, 0.4) is 0 Å². The Kier molecular flexibility index (Phi) is 4.39. The minimum atomic E-state index is -4.47. The van der Waals surface area contributed by atoms with Crippen molar-refractivity contribution in [1.29, 1.82) is 0 Å². The van der Waals surface area contributed by atoms with E-state index in [2.05, 4.69) is 10.3 Å². The predicted octanol–water partition coefficient (Wildman–Crippen LogP) is 3.82. The van der Waals surface area contributed by atoms with Crippen LogP contribution in [-0.4, -0.2) is 17.1 Å². The summed E-state index contributed by atoms with van der Waals surface area (Å²) in [5.74, 6) is -2.52. The van der Waals surface area contributed by atoms with Gasteiger partial charge in [0.05, 0.1) is 5.92 Å². The van der Waals surface area contributed by atoms with Gasteiger partial charge in [-0.3, -0.25) is 4.79 Å². The Bertz CT molecular complexity index is 555. The summed E-state index contributed by atoms with van der Waals surface area (Å²) in [7, 11) is 0. The summed E-state index contributed by atoms with van der Waals surface area (Å²) in [6, 6.07) is 7.41. The zero-order valence-corrected chi connectivity index (χ0v) is 11.0. The molecule has 1 heterocycles. The van der Waals surface area contributed by atoms with Gasteiger partial charge in [-0.05, 0) is 5.56 Å². The number of hydrogen-bond donors (Lipinski definition) is 1. The number of thiazole rings is 1. The van der Waals surface area contributed by atoms with Crippen LogP contribution < -0.4 is 5.32 Å². The van der Waals surface area contributed by atoms with Crippen LogP contribution in [0.1, 0.15) is 17.9 Å². The fourth-order valence-electron chi connectivity index (χ4n) is 1.75. The molecule has 0 bridgehead atoms. The maximum Gasteiger partial charge on any atom is 0.396 e. The van der Waals surface area contributed by atoms with E-state index in [1.54, 1.807) is 11.4 Å². The van der Waals surface area contributed by atoms with Crippen LogP contribution in [0, 0.1) is 0 Å². The Morgan fingerprint density at radius 1 is 1.30 bits per heavy atom. The Labute approximate surface area is 117 Å². The molecule has 2 rings (SSSR count). The molecule has 0 spiro atoms. The lowest BCUT2D eigenvalue weighted by atomic mass is 9.95. The number of amides is 1. The number of carbonyl (C=O) groups excluding carboxylic acids is 1. The molecule has 106 valence electrons. The van der Waals surface area contributed by atoms with Crippen molar-refractivity contribution in [2.75, 3.05) is 5.32 Å². The molecule has 1 N–H and O–H groups in total. The molecular formula is C13H11F3N2OS. The van der Waals surface area contributed by atoms with Crippen LogP contribution >= 0.6 is 11.3 Å². The first-order valence-electron chi connectivity index (χ1n) is 5.78. The van der Waals surface area contributed by atoms with E-state index < -0.39 is 24.4 Å². The lowest BCUT2D eigenvalue weighted by Crippen LogP contribution is -2.26. The second-order valence-electron chi connectivity index (χ2n) is 4.09. The minimum Gasteiger partial charge on any atom is -0.302 e. The van der Waals surface area contributed by atoms with Crippen molar-refractivity contribution < 1.29 is 18.0 Å². The van der Waals surface area contributed by atoms with E-state index in [9.17, 15) is 18.0 Å². The fraction of sp³-hybridized carbons (Fsp3) is 0.231. The molecule has 0 aliphatic rings. The van der Waals surface area contributed by atoms with Crippen molar-refractivity contribution >= 4 is 22.4 Å². The van der Waals surface area contributed by atoms with Crippen molar-refractivity contribution in [3.8, 4) is 0 Å². The van der Waals surface area contributed by atoms with E-state index in [4.69, 9.17) is 0 Å². The zero-order chi connectivity index (χ0) is 14.6. The van der Waals surface area contributed by atoms with Gasteiger partial charge in [-0.15, -0.1) is 11.3 Å². The highest BCUT2D eigenvalue weighted by molar-refractivity contribution is 7.13. The van der Waals surface area contributed by atoms with E-state index in [1.807, 2.05) is 0 Å². The number of alkyl halides is 3. The number of halogens is 3. The van der Waals surface area contributed by atoms with Crippen LogP contribution in [0.4, 0.5) is 18.3 Å². The van der Waals surface area contributed by atoms with Gasteiger partial charge in [0.1, 0.15) is 0 Å². The van der Waals surface area contributed by atoms with Gasteiger partial charge in [0.15, 0.2) is 5.13 Å². The number of rotatable bonds is 4. The SMILES string of the molecule is O=C(CC(c1ccccc1)C(F)(F)F)Nc1nccs1. The van der Waals surface area contributed by atoms with E-state index >= 15 is 0 Å². The number of benzene rings is 1. The van der Waals surface area contributed by atoms with Crippen molar-refractivity contribution in [3.63, 3.8) is 0 Å². The van der Waals surface area contributed by atoms with Gasteiger partial charge in [0.25, 0.3) is 0 Å². The highest BCUT2D eigenvalue weighted by Crippen LogP contribution is 2.37. The maximum absolute atomic E-state index is 13.1. The lowest BCUT2D eigenvalue weighted by Gasteiger charge is -2.20. The number of nitrogens with zero attached hydrogens (tertiary/aromatic N) is 1. The topological polar surface area (TPSA) is 42.0 Å². The number of hydrogen-bond acceptors (Lipinski definition) is 3. The summed E-state index contributed by atoms with van der Waals surface area (Å²) < 4.78 is 39.2. The van der Waals surface area contributed by atoms with Crippen molar-refractivity contribution in [2.45, 2.75) is 18.5 Å². The fourth-order valence-corrected chi connectivity index (χ4v) is 2.29. The summed E-state index contributed by atoms with van der Waals surface area (Å²) >= 11 is 1.16. The second-order valence-corrected chi connectivity index (χ2v) is 4.99. The lowest BCUT2D eigenvalue weighted by molar-refractivity contribution is -0.155. The van der Waals surface area contributed by atoms with Gasteiger partial charge in [-0.25, -0.2) is 4.98 Å². The number of aromatic nitrogens is 1. The van der Waals surface area contributed by atoms with Gasteiger partial charge in [-0.2, -0.15) is 13.2 Å². The summed E-state index contributed by atoms with van der Waals surface area (Å²) in [6.45, 7) is 0. The van der Waals surface area contributed by atoms with Gasteiger partial charge in [0.2, 0.25) is 5.91 Å². The van der Waals surface area contributed by atoms with E-state index in [0.29, 0.717) is 5.13 Å². The Balaban J connectivity index is 2.11. The molecule has 1 unspecified atom stereocenters. The predicted molar refractivity (Wildman–Crippen MR) is 70.6 cm³/mol. The molecule has 0 aliphatic carbocycles. The third-order valence-electron chi connectivity index (χ3n) is 2.67. The second kappa shape index (κ2) is 6.04. The molecule has 0 fully saturated rings. The Morgan fingerprint density at radius 2 is 2.00 bits per heavy atom. The first kappa shape index (κ1) is 14.5. The largest absolute Gasteiger partial charge is 0.396 e. The smallest absolute Gasteiger partial charge is 0.302 e. The number of nitrogens with one attached hydrogen (secondary N) is 1. The van der Waals surface area contributed by atoms with Gasteiger partial charge in [0, 0.05) is 18.0 Å². The monoisotopic (exact) mass is 300 g/mol. The molecule has 20 heavy (non-hydrogen) atoms. The van der Waals surface area contributed by atoms with Gasteiger partial charge >= 0.3 is 6.18 Å². The van der Waals surface area contributed by atoms with Crippen molar-refractivity contribution in [1.82, 2.24) is 4.98 Å². The van der Waals surface area contributed by atoms with Crippen LogP contribution in [0.2, 0.25) is 0 Å². The van der Waals surface area contributed by atoms with E-state index in [1.165, 1.54) is 30.5 Å². The Morgan fingerprint density at radius 3 is 2.55 bits per heavy atom. The minimum absolute atomic E-state index is 0.0780. The standard InChI is InChI=1S/C13H11F3N2OS/c14-13(15,16)10(9-4-2-1-3-5-9)8-11(19)18-12-17-6-7-20-12/h1-7,10H,8H2,(H,17,18,19). The van der Waals surface area contributed by atoms with Crippen molar-refractivity contribution in [3.05, 3.63) is 47.5 Å². The molecule has 0 radical (unpaired) electrons. The molecule has 1 aromatic heterocycles. The highest BCUT2D eigenvalue weighted by Gasteiger charge is 2.41. The summed E-state index contributed by atoms with van der Waals surface area (Å²) in [6.07, 6.45) is -3.66. The molecule has 1 atom stereocenters. The molecule has 1 amide bonds. The molecule has 0 saturated heterocycles. The maximum atomic E-state index is 13.1. The number of carbonyl (C=O) groups is 1. The normalized spacial score (nSPS) is 12.9. The molecule has 2 aromatic rings. The van der Waals surface area contributed by atoms with E-state index in [-0.39, 0.29) is 5.56 Å². The van der Waals surface area contributed by atoms with Crippen molar-refractivity contribution in [2.24, 2.45) is 0 Å². The molecule has 3 nitrogen and oxygen atoms in total. The van der Waals surface area contributed by atoms with Crippen LogP contribution in [0.5, 0.6) is 0 Å². The molecule has 7 heteroatoms. The van der Waals surface area contributed by atoms with Crippen LogP contribution in [-0.2, 0) is 4.79 Å². The average molecular weight is 300 g/mol. The van der Waals surface area contributed by atoms with Gasteiger partial charge < -0.3 is 5.32 Å². The molecule has 0 aliphatic heterocycles. The summed E-state index contributed by atoms with van der Waals surface area (Å²) in [4.78, 5) is 15.5. The Hall–Kier alpha value is -1.89. The molecular weight excluding hydrogens is 289 g/mol. The summed E-state index contributed by atoms with van der Waals surface area (Å²) in [5.41, 5.74) is 0.0780. The highest BCUT2D eigenvalue weighted by atomic mass is 32.1.